The summed E-state index contributed by atoms with van der Waals surface area (Å²) >= 11 is 5.85. The zero-order valence-electron chi connectivity index (χ0n) is 15.5. The molecule has 3 aromatic rings. The number of fused-ring (bicyclic) bond motifs is 1. The summed E-state index contributed by atoms with van der Waals surface area (Å²) in [4.78, 5) is 29.4. The summed E-state index contributed by atoms with van der Waals surface area (Å²) < 4.78 is 1.51. The lowest BCUT2D eigenvalue weighted by molar-refractivity contribution is -0.120. The van der Waals surface area contributed by atoms with Gasteiger partial charge in [-0.05, 0) is 42.2 Å². The minimum Gasteiger partial charge on any atom is -0.396 e. The van der Waals surface area contributed by atoms with Gasteiger partial charge in [0.25, 0.3) is 0 Å². The first-order valence-electron chi connectivity index (χ1n) is 8.94. The van der Waals surface area contributed by atoms with Crippen LogP contribution < -0.4 is 10.7 Å². The molecule has 0 aliphatic rings. The Labute approximate surface area is 167 Å². The third-order valence-electron chi connectivity index (χ3n) is 4.36. The number of aryl methyl sites for hydroxylation is 2. The van der Waals surface area contributed by atoms with E-state index in [9.17, 15) is 9.59 Å². The quantitative estimate of drug-likeness (QED) is 0.630. The van der Waals surface area contributed by atoms with Crippen LogP contribution in [0, 0.1) is 0 Å². The van der Waals surface area contributed by atoms with Crippen molar-refractivity contribution in [1.29, 1.82) is 0 Å². The number of aliphatic hydroxyl groups excluding tert-OH is 1. The molecule has 7 nitrogen and oxygen atoms in total. The van der Waals surface area contributed by atoms with E-state index in [1.165, 1.54) is 4.68 Å². The average molecular weight is 401 g/mol. The lowest BCUT2D eigenvalue weighted by Gasteiger charge is -2.09. The van der Waals surface area contributed by atoms with Crippen molar-refractivity contribution in [1.82, 2.24) is 20.1 Å². The summed E-state index contributed by atoms with van der Waals surface area (Å²) in [6.45, 7) is 0.419. The highest BCUT2D eigenvalue weighted by molar-refractivity contribution is 6.30. The predicted octanol–water partition coefficient (Wildman–Crippen LogP) is 1.77. The Bertz CT molecular complexity index is 1050. The number of aliphatic hydroxyl groups is 1. The summed E-state index contributed by atoms with van der Waals surface area (Å²) in [5.41, 5.74) is 2.11. The Hall–Kier alpha value is -2.77. The highest BCUT2D eigenvalue weighted by Gasteiger charge is 2.14. The van der Waals surface area contributed by atoms with Crippen LogP contribution in [-0.2, 0) is 31.2 Å². The van der Waals surface area contributed by atoms with Crippen LogP contribution in [0.2, 0.25) is 5.02 Å². The molecule has 0 aliphatic heterocycles. The van der Waals surface area contributed by atoms with Gasteiger partial charge in [0.15, 0.2) is 5.65 Å². The largest absolute Gasteiger partial charge is 0.396 e. The second-order valence-electron chi connectivity index (χ2n) is 6.52. The highest BCUT2D eigenvalue weighted by atomic mass is 35.5. The fourth-order valence-electron chi connectivity index (χ4n) is 2.91. The van der Waals surface area contributed by atoms with E-state index in [1.807, 2.05) is 12.1 Å². The monoisotopic (exact) mass is 400 g/mol. The van der Waals surface area contributed by atoms with Gasteiger partial charge in [-0.3, -0.25) is 9.59 Å². The molecule has 146 valence electrons. The van der Waals surface area contributed by atoms with Crippen molar-refractivity contribution in [2.45, 2.75) is 25.8 Å². The van der Waals surface area contributed by atoms with Crippen LogP contribution >= 0.6 is 11.6 Å². The van der Waals surface area contributed by atoms with Gasteiger partial charge in [-0.2, -0.15) is 5.10 Å². The molecule has 0 radical (unpaired) electrons. The average Bonchev–Trinajstić information content (AvgIpc) is 2.69. The number of amides is 1. The SMILES string of the molecule is Cn1nc(CC(=O)NCc2ccc(Cl)cc2)c(=O)c2cc(CCCO)cnc21. The van der Waals surface area contributed by atoms with Crippen molar-refractivity contribution in [3.8, 4) is 0 Å². The van der Waals surface area contributed by atoms with Gasteiger partial charge in [0.05, 0.1) is 11.8 Å². The molecule has 0 saturated carbocycles. The lowest BCUT2D eigenvalue weighted by Crippen LogP contribution is -2.29. The van der Waals surface area contributed by atoms with Gasteiger partial charge in [0.2, 0.25) is 11.3 Å². The van der Waals surface area contributed by atoms with E-state index >= 15 is 0 Å². The van der Waals surface area contributed by atoms with Gasteiger partial charge in [-0.25, -0.2) is 9.67 Å². The second kappa shape index (κ2) is 8.95. The van der Waals surface area contributed by atoms with Gasteiger partial charge >= 0.3 is 0 Å². The number of halogens is 1. The highest BCUT2D eigenvalue weighted by Crippen LogP contribution is 2.11. The molecule has 2 aromatic heterocycles. The summed E-state index contributed by atoms with van der Waals surface area (Å²) in [5.74, 6) is -0.289. The predicted molar refractivity (Wildman–Crippen MR) is 107 cm³/mol. The topological polar surface area (TPSA) is 97.1 Å². The van der Waals surface area contributed by atoms with Gasteiger partial charge in [-0.15, -0.1) is 0 Å². The number of pyridine rings is 1. The summed E-state index contributed by atoms with van der Waals surface area (Å²) in [6, 6.07) is 8.93. The van der Waals surface area contributed by atoms with Crippen LogP contribution in [0.1, 0.15) is 23.2 Å². The maximum absolute atomic E-state index is 12.8. The molecule has 0 unspecified atom stereocenters. The Kier molecular flexibility index (Phi) is 6.38. The van der Waals surface area contributed by atoms with Crippen molar-refractivity contribution >= 4 is 28.5 Å². The minimum absolute atomic E-state index is 0.0748. The number of carbonyl (C=O) groups excluding carboxylic acids is 1. The number of rotatable bonds is 7. The number of hydrogen-bond acceptors (Lipinski definition) is 5. The molecule has 2 heterocycles. The van der Waals surface area contributed by atoms with Gasteiger partial charge in [-0.1, -0.05) is 23.7 Å². The molecule has 3 rings (SSSR count). The zero-order valence-corrected chi connectivity index (χ0v) is 16.2. The number of benzene rings is 1. The first-order chi connectivity index (χ1) is 13.5. The van der Waals surface area contributed by atoms with E-state index < -0.39 is 0 Å². The standard InChI is InChI=1S/C20H21ClN4O3/c1-25-20-16(9-14(12-23-20)3-2-8-26)19(28)17(24-25)10-18(27)22-11-13-4-6-15(21)7-5-13/h4-7,9,12,26H,2-3,8,10-11H2,1H3,(H,22,27). The first kappa shape index (κ1) is 20.0. The van der Waals surface area contributed by atoms with Crippen molar-refractivity contribution < 1.29 is 9.90 Å². The third-order valence-corrected chi connectivity index (χ3v) is 4.61. The summed E-state index contributed by atoms with van der Waals surface area (Å²) in [7, 11) is 1.69. The Morgan fingerprint density at radius 2 is 2.00 bits per heavy atom. The van der Waals surface area contributed by atoms with Crippen LogP contribution in [0.15, 0.2) is 41.3 Å². The molecule has 2 N–H and O–H groups in total. The van der Waals surface area contributed by atoms with E-state index in [1.54, 1.807) is 31.4 Å². The number of carbonyl (C=O) groups is 1. The Morgan fingerprint density at radius 3 is 2.71 bits per heavy atom. The lowest BCUT2D eigenvalue weighted by atomic mass is 10.1. The van der Waals surface area contributed by atoms with Crippen LogP contribution in [0.3, 0.4) is 0 Å². The molecule has 0 bridgehead atoms. The molecule has 8 heteroatoms. The maximum atomic E-state index is 12.8. The van der Waals surface area contributed by atoms with E-state index in [0.717, 1.165) is 11.1 Å². The molecule has 28 heavy (non-hydrogen) atoms. The number of nitrogens with zero attached hydrogens (tertiary/aromatic N) is 3. The molecule has 0 saturated heterocycles. The van der Waals surface area contributed by atoms with Crippen LogP contribution in [0.5, 0.6) is 0 Å². The van der Waals surface area contributed by atoms with Crippen molar-refractivity contribution in [3.63, 3.8) is 0 Å². The van der Waals surface area contributed by atoms with Gasteiger partial charge in [0, 0.05) is 31.4 Å². The summed E-state index contributed by atoms with van der Waals surface area (Å²) in [6.07, 6.45) is 2.79. The molecular formula is C20H21ClN4O3. The molecular weight excluding hydrogens is 380 g/mol. The smallest absolute Gasteiger partial charge is 0.226 e. The first-order valence-corrected chi connectivity index (χ1v) is 9.32. The molecule has 0 fully saturated rings. The zero-order chi connectivity index (χ0) is 20.1. The van der Waals surface area contributed by atoms with Crippen LogP contribution in [0.4, 0.5) is 0 Å². The van der Waals surface area contributed by atoms with E-state index in [-0.39, 0.29) is 30.1 Å². The number of nitrogens with one attached hydrogen (secondary N) is 1. The minimum atomic E-state index is -0.298. The van der Waals surface area contributed by atoms with Gasteiger partial charge in [0.1, 0.15) is 5.69 Å². The van der Waals surface area contributed by atoms with Crippen molar-refractivity contribution in [3.05, 3.63) is 68.6 Å². The molecule has 1 aromatic carbocycles. The second-order valence-corrected chi connectivity index (χ2v) is 6.96. The molecule has 1 amide bonds. The molecule has 0 spiro atoms. The summed E-state index contributed by atoms with van der Waals surface area (Å²) in [5, 5.41) is 17.0. The van der Waals surface area contributed by atoms with E-state index in [0.29, 0.717) is 35.4 Å². The van der Waals surface area contributed by atoms with Crippen LogP contribution in [0.25, 0.3) is 11.0 Å². The van der Waals surface area contributed by atoms with E-state index in [4.69, 9.17) is 16.7 Å². The van der Waals surface area contributed by atoms with Crippen molar-refractivity contribution in [2.24, 2.45) is 7.05 Å². The Balaban J connectivity index is 1.77. The fourth-order valence-corrected chi connectivity index (χ4v) is 3.03. The number of aromatic nitrogens is 3. The third kappa shape index (κ3) is 4.74. The molecule has 0 atom stereocenters. The van der Waals surface area contributed by atoms with Crippen LogP contribution in [-0.4, -0.2) is 32.4 Å². The molecule has 0 aliphatic carbocycles. The Morgan fingerprint density at radius 1 is 1.25 bits per heavy atom. The maximum Gasteiger partial charge on any atom is 0.226 e. The normalized spacial score (nSPS) is 11.0. The van der Waals surface area contributed by atoms with Crippen molar-refractivity contribution in [2.75, 3.05) is 6.61 Å². The number of hydrogen-bond donors (Lipinski definition) is 2. The van der Waals surface area contributed by atoms with Gasteiger partial charge < -0.3 is 10.4 Å². The fraction of sp³-hybridized carbons (Fsp3) is 0.300. The van der Waals surface area contributed by atoms with E-state index in [2.05, 4.69) is 15.4 Å².